The van der Waals surface area contributed by atoms with E-state index in [0.717, 1.165) is 25.7 Å². The lowest BCUT2D eigenvalue weighted by Gasteiger charge is -2.28. The minimum atomic E-state index is 0.216. The first-order valence-corrected chi connectivity index (χ1v) is 7.86. The second-order valence-corrected chi connectivity index (χ2v) is 6.16. The van der Waals surface area contributed by atoms with E-state index in [2.05, 4.69) is 47.2 Å². The second-order valence-electron chi connectivity index (χ2n) is 5.38. The summed E-state index contributed by atoms with van der Waals surface area (Å²) in [6.07, 6.45) is 3.70. The molecule has 1 aromatic heterocycles. The molecule has 2 unspecified atom stereocenters. The van der Waals surface area contributed by atoms with E-state index in [1.165, 1.54) is 11.1 Å². The van der Waals surface area contributed by atoms with Gasteiger partial charge in [0.15, 0.2) is 0 Å². The molecule has 1 saturated carbocycles. The zero-order valence-corrected chi connectivity index (χ0v) is 11.7. The largest absolute Gasteiger partial charge is 0.299 e. The Bertz CT molecular complexity index is 530. The average molecular weight is 270 g/mol. The predicted octanol–water partition coefficient (Wildman–Crippen LogP) is 4.44. The van der Waals surface area contributed by atoms with Crippen LogP contribution in [0.2, 0.25) is 0 Å². The Balaban J connectivity index is 1.72. The van der Waals surface area contributed by atoms with Crippen LogP contribution in [0.5, 0.6) is 0 Å². The van der Waals surface area contributed by atoms with E-state index >= 15 is 0 Å². The number of carbonyl (C=O) groups is 1. The summed E-state index contributed by atoms with van der Waals surface area (Å²) in [5, 5.41) is 4.26. The molecule has 1 aliphatic rings. The highest BCUT2D eigenvalue weighted by Gasteiger charge is 2.29. The quantitative estimate of drug-likeness (QED) is 0.805. The Hall–Kier alpha value is -1.41. The van der Waals surface area contributed by atoms with Crippen molar-refractivity contribution in [3.8, 4) is 0 Å². The molecule has 0 N–H and O–H groups in total. The molecule has 1 heterocycles. The van der Waals surface area contributed by atoms with Gasteiger partial charge in [0.05, 0.1) is 0 Å². The minimum absolute atomic E-state index is 0.216. The topological polar surface area (TPSA) is 17.1 Å². The molecule has 0 saturated heterocycles. The van der Waals surface area contributed by atoms with Crippen LogP contribution in [0.4, 0.5) is 0 Å². The number of benzene rings is 1. The lowest BCUT2D eigenvalue weighted by molar-refractivity contribution is -0.124. The van der Waals surface area contributed by atoms with Gasteiger partial charge in [-0.3, -0.25) is 4.79 Å². The van der Waals surface area contributed by atoms with E-state index in [1.54, 1.807) is 11.3 Å². The van der Waals surface area contributed by atoms with Crippen molar-refractivity contribution in [1.29, 1.82) is 0 Å². The van der Waals surface area contributed by atoms with Crippen LogP contribution in [0.3, 0.4) is 0 Å². The molecule has 98 valence electrons. The third kappa shape index (κ3) is 2.95. The highest BCUT2D eigenvalue weighted by Crippen LogP contribution is 2.35. The van der Waals surface area contributed by atoms with Crippen LogP contribution in [0.25, 0.3) is 0 Å². The molecule has 2 aromatic rings. The average Bonchev–Trinajstić information content (AvgIpc) is 2.95. The zero-order chi connectivity index (χ0) is 13.1. The Morgan fingerprint density at radius 2 is 2.00 bits per heavy atom. The van der Waals surface area contributed by atoms with Gasteiger partial charge in [0.2, 0.25) is 0 Å². The van der Waals surface area contributed by atoms with E-state index in [0.29, 0.717) is 11.7 Å². The van der Waals surface area contributed by atoms with Crippen LogP contribution in [-0.2, 0) is 11.2 Å². The highest BCUT2D eigenvalue weighted by atomic mass is 32.1. The lowest BCUT2D eigenvalue weighted by atomic mass is 9.75. The number of carbonyl (C=O) groups excluding carboxylic acids is 1. The summed E-state index contributed by atoms with van der Waals surface area (Å²) in [6, 6.07) is 12.8. The van der Waals surface area contributed by atoms with Crippen molar-refractivity contribution < 1.29 is 4.79 Å². The Labute approximate surface area is 118 Å². The molecule has 19 heavy (non-hydrogen) atoms. The van der Waals surface area contributed by atoms with Gasteiger partial charge < -0.3 is 0 Å². The summed E-state index contributed by atoms with van der Waals surface area (Å²) < 4.78 is 0. The van der Waals surface area contributed by atoms with Crippen LogP contribution < -0.4 is 0 Å². The lowest BCUT2D eigenvalue weighted by Crippen LogP contribution is -2.25. The zero-order valence-electron chi connectivity index (χ0n) is 10.9. The molecule has 2 atom stereocenters. The smallest absolute Gasteiger partial charge is 0.136 e. The molecule has 0 bridgehead atoms. The first-order valence-electron chi connectivity index (χ1n) is 6.91. The predicted molar refractivity (Wildman–Crippen MR) is 79.6 cm³/mol. The highest BCUT2D eigenvalue weighted by molar-refractivity contribution is 7.07. The third-order valence-electron chi connectivity index (χ3n) is 4.10. The van der Waals surface area contributed by atoms with Crippen molar-refractivity contribution in [3.63, 3.8) is 0 Å². The summed E-state index contributed by atoms with van der Waals surface area (Å²) in [4.78, 5) is 12.1. The van der Waals surface area contributed by atoms with Crippen LogP contribution in [0, 0.1) is 5.92 Å². The van der Waals surface area contributed by atoms with E-state index in [9.17, 15) is 4.79 Å². The molecule has 3 rings (SSSR count). The molecule has 2 heteroatoms. The summed E-state index contributed by atoms with van der Waals surface area (Å²) >= 11 is 1.72. The van der Waals surface area contributed by atoms with Crippen LogP contribution >= 0.6 is 11.3 Å². The Morgan fingerprint density at radius 3 is 2.74 bits per heavy atom. The summed E-state index contributed by atoms with van der Waals surface area (Å²) in [6.45, 7) is 0. The van der Waals surface area contributed by atoms with E-state index < -0.39 is 0 Å². The standard InChI is InChI=1S/C17H18OS/c18-17-7-6-15(14-4-2-1-3-5-14)11-16(17)10-13-8-9-19-12-13/h1-5,8-9,12,15-16H,6-7,10-11H2. The summed E-state index contributed by atoms with van der Waals surface area (Å²) in [7, 11) is 0. The van der Waals surface area contributed by atoms with Gasteiger partial charge in [0.1, 0.15) is 5.78 Å². The first kappa shape index (κ1) is 12.6. The van der Waals surface area contributed by atoms with Crippen molar-refractivity contribution in [1.82, 2.24) is 0 Å². The number of rotatable bonds is 3. The number of thiophene rings is 1. The fraction of sp³-hybridized carbons (Fsp3) is 0.353. The van der Waals surface area contributed by atoms with Crippen LogP contribution in [0.15, 0.2) is 47.2 Å². The maximum Gasteiger partial charge on any atom is 0.136 e. The normalized spacial score (nSPS) is 23.5. The van der Waals surface area contributed by atoms with E-state index in [4.69, 9.17) is 0 Å². The first-order chi connectivity index (χ1) is 9.33. The number of Topliss-reactive ketones (excluding diaryl/α,β-unsaturated/α-hetero) is 1. The monoisotopic (exact) mass is 270 g/mol. The van der Waals surface area contributed by atoms with Crippen LogP contribution in [-0.4, -0.2) is 5.78 Å². The van der Waals surface area contributed by atoms with Crippen molar-refractivity contribution in [2.75, 3.05) is 0 Å². The minimum Gasteiger partial charge on any atom is -0.299 e. The molecular weight excluding hydrogens is 252 g/mol. The van der Waals surface area contributed by atoms with Crippen molar-refractivity contribution in [3.05, 3.63) is 58.3 Å². The van der Waals surface area contributed by atoms with Crippen molar-refractivity contribution in [2.24, 2.45) is 5.92 Å². The van der Waals surface area contributed by atoms with Gasteiger partial charge in [0, 0.05) is 12.3 Å². The molecule has 1 aromatic carbocycles. The molecule has 0 radical (unpaired) electrons. The summed E-state index contributed by atoms with van der Waals surface area (Å²) in [5.74, 6) is 1.23. The summed E-state index contributed by atoms with van der Waals surface area (Å²) in [5.41, 5.74) is 2.71. The third-order valence-corrected chi connectivity index (χ3v) is 4.83. The molecule has 1 nitrogen and oxygen atoms in total. The van der Waals surface area contributed by atoms with Gasteiger partial charge >= 0.3 is 0 Å². The number of hydrogen-bond donors (Lipinski definition) is 0. The van der Waals surface area contributed by atoms with Gasteiger partial charge in [-0.05, 0) is 53.1 Å². The van der Waals surface area contributed by atoms with Gasteiger partial charge in [-0.1, -0.05) is 30.3 Å². The molecular formula is C17H18OS. The Kier molecular flexibility index (Phi) is 3.79. The second kappa shape index (κ2) is 5.70. The number of hydrogen-bond acceptors (Lipinski definition) is 2. The van der Waals surface area contributed by atoms with Gasteiger partial charge in [-0.25, -0.2) is 0 Å². The molecule has 1 aliphatic carbocycles. The maximum atomic E-state index is 12.1. The van der Waals surface area contributed by atoms with E-state index in [-0.39, 0.29) is 5.92 Å². The Morgan fingerprint density at radius 1 is 1.16 bits per heavy atom. The SMILES string of the molecule is O=C1CCC(c2ccccc2)CC1Cc1ccsc1. The fourth-order valence-corrected chi connectivity index (χ4v) is 3.71. The fourth-order valence-electron chi connectivity index (χ4n) is 3.03. The van der Waals surface area contributed by atoms with Gasteiger partial charge in [-0.15, -0.1) is 0 Å². The van der Waals surface area contributed by atoms with Gasteiger partial charge in [0.25, 0.3) is 0 Å². The molecule has 0 spiro atoms. The van der Waals surface area contributed by atoms with Crippen molar-refractivity contribution in [2.45, 2.75) is 31.6 Å². The van der Waals surface area contributed by atoms with Crippen molar-refractivity contribution >= 4 is 17.1 Å². The maximum absolute atomic E-state index is 12.1. The van der Waals surface area contributed by atoms with Crippen LogP contribution in [0.1, 0.15) is 36.3 Å². The molecule has 0 aliphatic heterocycles. The molecule has 1 fully saturated rings. The molecule has 0 amide bonds. The number of ketones is 1. The van der Waals surface area contributed by atoms with E-state index in [1.807, 2.05) is 0 Å². The van der Waals surface area contributed by atoms with Gasteiger partial charge in [-0.2, -0.15) is 11.3 Å².